The van der Waals surface area contributed by atoms with Crippen LogP contribution in [0.5, 0.6) is 0 Å². The van der Waals surface area contributed by atoms with Crippen molar-refractivity contribution in [2.24, 2.45) is 16.0 Å². The van der Waals surface area contributed by atoms with E-state index >= 15 is 0 Å². The third-order valence-electron chi connectivity index (χ3n) is 7.04. The molecule has 1 fully saturated rings. The average Bonchev–Trinajstić information content (AvgIpc) is 3.31. The molecule has 1 unspecified atom stereocenters. The van der Waals surface area contributed by atoms with Gasteiger partial charge in [0.05, 0.1) is 5.69 Å². The molecule has 5 rings (SSSR count). The van der Waals surface area contributed by atoms with E-state index in [-0.39, 0.29) is 11.5 Å². The number of aryl methyl sites for hydroxylation is 1. The van der Waals surface area contributed by atoms with E-state index in [1.807, 2.05) is 17.2 Å². The number of likely N-dealkylation sites (tertiary alicyclic amines) is 1. The predicted octanol–water partition coefficient (Wildman–Crippen LogP) is 1.19. The summed E-state index contributed by atoms with van der Waals surface area (Å²) < 4.78 is 24.4. The Bertz CT molecular complexity index is 1290. The minimum atomic E-state index is -3.49. The molecule has 2 aliphatic carbocycles. The van der Waals surface area contributed by atoms with Crippen LogP contribution in [0.25, 0.3) is 0 Å². The topological polar surface area (TPSA) is 115 Å². The van der Waals surface area contributed by atoms with E-state index in [0.29, 0.717) is 26.2 Å². The Hall–Kier alpha value is -2.58. The molecule has 2 N–H and O–H groups in total. The summed E-state index contributed by atoms with van der Waals surface area (Å²) in [5, 5.41) is 4.66. The second kappa shape index (κ2) is 8.08. The molecule has 0 radical (unpaired) electrons. The maximum atomic E-state index is 12.7. The van der Waals surface area contributed by atoms with Gasteiger partial charge in [-0.05, 0) is 71.9 Å². The Labute approximate surface area is 186 Å². The van der Waals surface area contributed by atoms with Gasteiger partial charge in [0.2, 0.25) is 16.1 Å². The number of hydrogen-bond donors (Lipinski definition) is 1. The van der Waals surface area contributed by atoms with E-state index in [4.69, 9.17) is 5.14 Å². The lowest BCUT2D eigenvalue weighted by Crippen LogP contribution is -2.55. The first-order valence-corrected chi connectivity index (χ1v) is 12.6. The fraction of sp³-hybridized carbons (Fsp3) is 0.478. The molecule has 1 atom stereocenters. The first kappa shape index (κ1) is 21.3. The van der Waals surface area contributed by atoms with Gasteiger partial charge in [0.1, 0.15) is 5.25 Å². The summed E-state index contributed by atoms with van der Waals surface area (Å²) in [4.78, 5) is 29.7. The van der Waals surface area contributed by atoms with Crippen molar-refractivity contribution in [1.29, 1.82) is 0 Å². The van der Waals surface area contributed by atoms with Crippen molar-refractivity contribution in [2.75, 3.05) is 13.1 Å². The number of pyridine rings is 1. The van der Waals surface area contributed by atoms with Crippen molar-refractivity contribution in [3.8, 4) is 0 Å². The average molecular weight is 455 g/mol. The van der Waals surface area contributed by atoms with Crippen LogP contribution in [-0.4, -0.2) is 42.3 Å². The molecule has 9 heteroatoms. The van der Waals surface area contributed by atoms with Gasteiger partial charge in [-0.1, -0.05) is 6.07 Å². The van der Waals surface area contributed by atoms with Crippen molar-refractivity contribution in [3.63, 3.8) is 0 Å². The number of primary sulfonamides is 1. The fourth-order valence-electron chi connectivity index (χ4n) is 5.41. The molecule has 168 valence electrons. The number of nitrogens with two attached hydrogens (primary N) is 1. The van der Waals surface area contributed by atoms with E-state index in [2.05, 4.69) is 11.1 Å². The van der Waals surface area contributed by atoms with Crippen LogP contribution in [-0.2, 0) is 53.6 Å². The highest BCUT2D eigenvalue weighted by Gasteiger charge is 2.35. The highest BCUT2D eigenvalue weighted by Crippen LogP contribution is 2.41. The lowest BCUT2D eigenvalue weighted by atomic mass is 9.99. The van der Waals surface area contributed by atoms with E-state index in [0.717, 1.165) is 48.9 Å². The molecule has 0 amide bonds. The lowest BCUT2D eigenvalue weighted by Gasteiger charge is -2.37. The molecule has 1 aromatic heterocycles. The van der Waals surface area contributed by atoms with Gasteiger partial charge in [-0.25, -0.2) is 18.4 Å². The summed E-state index contributed by atoms with van der Waals surface area (Å²) in [5.41, 5.74) is 6.52. The number of rotatable bonds is 6. The number of sulfonamides is 1. The van der Waals surface area contributed by atoms with E-state index < -0.39 is 15.3 Å². The molecular weight excluding hydrogens is 428 g/mol. The van der Waals surface area contributed by atoms with Crippen molar-refractivity contribution in [3.05, 3.63) is 62.6 Å². The number of fused-ring (bicyclic) bond motifs is 2. The molecule has 0 spiro atoms. The molecular formula is C23H26N4O4S. The Morgan fingerprint density at radius 2 is 1.94 bits per heavy atom. The van der Waals surface area contributed by atoms with E-state index in [1.54, 1.807) is 16.7 Å². The Morgan fingerprint density at radius 3 is 2.66 bits per heavy atom. The monoisotopic (exact) mass is 454 g/mol. The molecule has 0 saturated carbocycles. The van der Waals surface area contributed by atoms with Crippen molar-refractivity contribution in [1.82, 2.24) is 9.47 Å². The zero-order valence-electron chi connectivity index (χ0n) is 17.8. The summed E-state index contributed by atoms with van der Waals surface area (Å²) in [7, 11) is -3.49. The van der Waals surface area contributed by atoms with Gasteiger partial charge < -0.3 is 4.57 Å². The zero-order chi connectivity index (χ0) is 22.5. The van der Waals surface area contributed by atoms with Crippen LogP contribution < -0.4 is 10.7 Å². The fourth-order valence-corrected chi connectivity index (χ4v) is 6.25. The molecule has 0 bridgehead atoms. The summed E-state index contributed by atoms with van der Waals surface area (Å²) in [5.74, 6) is 0.280. The minimum Gasteiger partial charge on any atom is -0.315 e. The molecule has 8 nitrogen and oxygen atoms in total. The third kappa shape index (κ3) is 3.97. The smallest absolute Gasteiger partial charge is 0.250 e. The first-order chi connectivity index (χ1) is 15.3. The molecule has 2 heterocycles. The van der Waals surface area contributed by atoms with Crippen molar-refractivity contribution in [2.45, 2.75) is 50.4 Å². The van der Waals surface area contributed by atoms with Crippen LogP contribution in [0.4, 0.5) is 5.69 Å². The molecule has 1 saturated heterocycles. The van der Waals surface area contributed by atoms with Gasteiger partial charge in [-0.3, -0.25) is 9.69 Å². The summed E-state index contributed by atoms with van der Waals surface area (Å²) in [6.45, 7) is 1.95. The Morgan fingerprint density at radius 1 is 1.12 bits per heavy atom. The Kier molecular flexibility index (Phi) is 5.37. The summed E-state index contributed by atoms with van der Waals surface area (Å²) in [6.07, 6.45) is 8.33. The van der Waals surface area contributed by atoms with E-state index in [1.165, 1.54) is 16.7 Å². The maximum Gasteiger partial charge on any atom is 0.250 e. The number of aliphatic imine (C=N–C) groups is 1. The largest absolute Gasteiger partial charge is 0.315 e. The van der Waals surface area contributed by atoms with Crippen LogP contribution in [0.3, 0.4) is 0 Å². The standard InChI is InChI=1S/C23H26N4O4S/c24-32(30,31)19-12-26(13-19)10-15-4-5-27(22(29)8-15)11-16-6-18-9-17-2-1-3-20(17)23(25-14-28)21(18)7-16/h4-5,8-9,16,19H,1-3,6-7,10-13H2,(H2,24,30,31). The number of aromatic nitrogens is 1. The zero-order valence-corrected chi connectivity index (χ0v) is 18.6. The van der Waals surface area contributed by atoms with Gasteiger partial charge in [0.25, 0.3) is 5.56 Å². The number of benzene rings is 1. The minimum absolute atomic E-state index is 0.0596. The molecule has 32 heavy (non-hydrogen) atoms. The normalized spacial score (nSPS) is 20.5. The predicted molar refractivity (Wildman–Crippen MR) is 120 cm³/mol. The van der Waals surface area contributed by atoms with Crippen LogP contribution in [0, 0.1) is 5.92 Å². The van der Waals surface area contributed by atoms with Crippen molar-refractivity contribution >= 4 is 21.8 Å². The maximum absolute atomic E-state index is 12.7. The Balaban J connectivity index is 1.27. The summed E-state index contributed by atoms with van der Waals surface area (Å²) in [6, 6.07) is 5.82. The summed E-state index contributed by atoms with van der Waals surface area (Å²) >= 11 is 0. The van der Waals surface area contributed by atoms with Crippen LogP contribution in [0.1, 0.15) is 34.2 Å². The van der Waals surface area contributed by atoms with E-state index in [9.17, 15) is 18.0 Å². The molecule has 3 aliphatic rings. The number of hydrogen-bond acceptors (Lipinski definition) is 6. The SMILES string of the molecule is NS(=O)(=O)C1CN(Cc2ccn(CC3Cc4cc5c(c(N=C=O)c4C3)CCC5)c(=O)c2)C1. The molecule has 2 aromatic rings. The van der Waals surface area contributed by atoms with Gasteiger partial charge in [0.15, 0.2) is 0 Å². The quantitative estimate of drug-likeness (QED) is 0.520. The number of carbonyl (C=O) groups excluding carboxylic acids is 1. The van der Waals surface area contributed by atoms with Gasteiger partial charge in [-0.2, -0.15) is 4.99 Å². The second-order valence-electron chi connectivity index (χ2n) is 9.26. The van der Waals surface area contributed by atoms with Crippen LogP contribution in [0.2, 0.25) is 0 Å². The highest BCUT2D eigenvalue weighted by molar-refractivity contribution is 7.89. The highest BCUT2D eigenvalue weighted by atomic mass is 32.2. The van der Waals surface area contributed by atoms with Crippen molar-refractivity contribution < 1.29 is 13.2 Å². The molecule has 1 aromatic carbocycles. The van der Waals surface area contributed by atoms with Gasteiger partial charge in [0, 0.05) is 38.4 Å². The van der Waals surface area contributed by atoms with Gasteiger partial charge in [-0.15, -0.1) is 0 Å². The lowest BCUT2D eigenvalue weighted by molar-refractivity contribution is 0.176. The number of isocyanates is 1. The van der Waals surface area contributed by atoms with Gasteiger partial charge >= 0.3 is 0 Å². The first-order valence-electron chi connectivity index (χ1n) is 11.0. The number of nitrogens with zero attached hydrogens (tertiary/aromatic N) is 3. The van der Waals surface area contributed by atoms with Crippen LogP contribution in [0.15, 0.2) is 34.2 Å². The third-order valence-corrected chi connectivity index (χ3v) is 8.26. The molecule has 1 aliphatic heterocycles. The second-order valence-corrected chi connectivity index (χ2v) is 11.1. The van der Waals surface area contributed by atoms with Crippen LogP contribution >= 0.6 is 0 Å².